The summed E-state index contributed by atoms with van der Waals surface area (Å²) in [5.41, 5.74) is 0.625. The van der Waals surface area contributed by atoms with E-state index in [0.717, 1.165) is 64.7 Å². The Bertz CT molecular complexity index is 560. The highest BCUT2D eigenvalue weighted by Gasteiger charge is 2.26. The zero-order valence-electron chi connectivity index (χ0n) is 15.4. The van der Waals surface area contributed by atoms with Gasteiger partial charge < -0.3 is 9.47 Å². The Labute approximate surface area is 145 Å². The minimum absolute atomic E-state index is 0.100. The predicted octanol–water partition coefficient (Wildman–Crippen LogP) is 1.52. The standard InChI is InChI=1S/C18H31N5O/c1-4-5-20-6-9-22(10-7-20)18(24)16-13-23-11-8-21(12-15(2)3)14-17(23)19-16/h13,15H,4-12,14H2,1-3H3. The molecule has 0 spiro atoms. The van der Waals surface area contributed by atoms with E-state index in [2.05, 4.69) is 40.1 Å². The number of hydrogen-bond acceptors (Lipinski definition) is 4. The Hall–Kier alpha value is -1.40. The summed E-state index contributed by atoms with van der Waals surface area (Å²) in [5, 5.41) is 0. The average molecular weight is 333 g/mol. The van der Waals surface area contributed by atoms with Crippen LogP contribution in [-0.2, 0) is 13.1 Å². The summed E-state index contributed by atoms with van der Waals surface area (Å²) in [6.45, 7) is 15.4. The molecule has 0 bridgehead atoms. The molecule has 2 aliphatic heterocycles. The van der Waals surface area contributed by atoms with Crippen LogP contribution in [0.5, 0.6) is 0 Å². The van der Waals surface area contributed by atoms with E-state index in [-0.39, 0.29) is 5.91 Å². The van der Waals surface area contributed by atoms with Gasteiger partial charge in [-0.3, -0.25) is 14.6 Å². The number of aromatic nitrogens is 2. The van der Waals surface area contributed by atoms with Crippen molar-refractivity contribution in [2.75, 3.05) is 45.8 Å². The fourth-order valence-electron chi connectivity index (χ4n) is 3.73. The molecule has 0 unspecified atom stereocenters. The van der Waals surface area contributed by atoms with Gasteiger partial charge in [0.2, 0.25) is 0 Å². The highest BCUT2D eigenvalue weighted by Crippen LogP contribution is 2.16. The van der Waals surface area contributed by atoms with E-state index < -0.39 is 0 Å². The van der Waals surface area contributed by atoms with Crippen molar-refractivity contribution in [1.82, 2.24) is 24.3 Å². The van der Waals surface area contributed by atoms with Crippen molar-refractivity contribution in [2.24, 2.45) is 5.92 Å². The van der Waals surface area contributed by atoms with Crippen LogP contribution in [0.25, 0.3) is 0 Å². The van der Waals surface area contributed by atoms with Gasteiger partial charge >= 0.3 is 0 Å². The van der Waals surface area contributed by atoms with Crippen LogP contribution >= 0.6 is 0 Å². The third kappa shape index (κ3) is 3.98. The van der Waals surface area contributed by atoms with Gasteiger partial charge in [-0.25, -0.2) is 4.98 Å². The quantitative estimate of drug-likeness (QED) is 0.820. The largest absolute Gasteiger partial charge is 0.335 e. The molecule has 3 heterocycles. The molecule has 0 aliphatic carbocycles. The molecular weight excluding hydrogens is 302 g/mol. The van der Waals surface area contributed by atoms with Gasteiger partial charge in [0.1, 0.15) is 11.5 Å². The number of carbonyl (C=O) groups excluding carboxylic acids is 1. The lowest BCUT2D eigenvalue weighted by atomic mass is 10.2. The average Bonchev–Trinajstić information content (AvgIpc) is 2.98. The second-order valence-corrected chi connectivity index (χ2v) is 7.50. The van der Waals surface area contributed by atoms with Gasteiger partial charge in [-0.05, 0) is 18.9 Å². The first-order chi connectivity index (χ1) is 11.6. The Balaban J connectivity index is 1.60. The van der Waals surface area contributed by atoms with Crippen LogP contribution in [-0.4, -0.2) is 76.0 Å². The van der Waals surface area contributed by atoms with Crippen molar-refractivity contribution in [3.63, 3.8) is 0 Å². The minimum Gasteiger partial charge on any atom is -0.335 e. The summed E-state index contributed by atoms with van der Waals surface area (Å²) < 4.78 is 2.16. The molecule has 134 valence electrons. The summed E-state index contributed by atoms with van der Waals surface area (Å²) in [6, 6.07) is 0. The number of amides is 1. The molecule has 6 nitrogen and oxygen atoms in total. The maximum absolute atomic E-state index is 12.8. The predicted molar refractivity (Wildman–Crippen MR) is 95.0 cm³/mol. The van der Waals surface area contributed by atoms with Crippen molar-refractivity contribution < 1.29 is 4.79 Å². The van der Waals surface area contributed by atoms with Crippen LogP contribution in [0.2, 0.25) is 0 Å². The third-order valence-corrected chi connectivity index (χ3v) is 4.92. The molecular formula is C18H31N5O. The van der Waals surface area contributed by atoms with Crippen LogP contribution in [0.4, 0.5) is 0 Å². The van der Waals surface area contributed by atoms with Crippen LogP contribution < -0.4 is 0 Å². The van der Waals surface area contributed by atoms with Crippen LogP contribution in [0, 0.1) is 5.92 Å². The van der Waals surface area contributed by atoms with Gasteiger partial charge in [0.25, 0.3) is 5.91 Å². The molecule has 1 aromatic rings. The lowest BCUT2D eigenvalue weighted by molar-refractivity contribution is 0.0632. The van der Waals surface area contributed by atoms with Crippen LogP contribution in [0.15, 0.2) is 6.20 Å². The summed E-state index contributed by atoms with van der Waals surface area (Å²) in [7, 11) is 0. The van der Waals surface area contributed by atoms with Crippen LogP contribution in [0.1, 0.15) is 43.5 Å². The molecule has 1 amide bonds. The molecule has 1 fully saturated rings. The van der Waals surface area contributed by atoms with E-state index >= 15 is 0 Å². The highest BCUT2D eigenvalue weighted by atomic mass is 16.2. The molecule has 24 heavy (non-hydrogen) atoms. The molecule has 1 aromatic heterocycles. The van der Waals surface area contributed by atoms with Gasteiger partial charge in [0, 0.05) is 52.0 Å². The Kier molecular flexibility index (Phi) is 5.56. The van der Waals surface area contributed by atoms with Gasteiger partial charge in [-0.1, -0.05) is 20.8 Å². The first kappa shape index (κ1) is 17.4. The molecule has 2 aliphatic rings. The molecule has 0 N–H and O–H groups in total. The third-order valence-electron chi connectivity index (χ3n) is 4.92. The topological polar surface area (TPSA) is 44.6 Å². The summed E-state index contributed by atoms with van der Waals surface area (Å²) in [5.74, 6) is 1.80. The van der Waals surface area contributed by atoms with Crippen molar-refractivity contribution in [1.29, 1.82) is 0 Å². The zero-order valence-corrected chi connectivity index (χ0v) is 15.4. The molecule has 0 saturated carbocycles. The van der Waals surface area contributed by atoms with Crippen LogP contribution in [0.3, 0.4) is 0 Å². The van der Waals surface area contributed by atoms with E-state index in [1.807, 2.05) is 11.1 Å². The lowest BCUT2D eigenvalue weighted by Gasteiger charge is -2.34. The van der Waals surface area contributed by atoms with E-state index in [1.54, 1.807) is 0 Å². The molecule has 1 saturated heterocycles. The van der Waals surface area contributed by atoms with E-state index in [9.17, 15) is 4.79 Å². The molecule has 0 radical (unpaired) electrons. The maximum atomic E-state index is 12.8. The lowest BCUT2D eigenvalue weighted by Crippen LogP contribution is -2.48. The summed E-state index contributed by atoms with van der Waals surface area (Å²) in [4.78, 5) is 24.3. The van der Waals surface area contributed by atoms with Crippen molar-refractivity contribution >= 4 is 5.91 Å². The summed E-state index contributed by atoms with van der Waals surface area (Å²) >= 11 is 0. The van der Waals surface area contributed by atoms with Gasteiger partial charge in [-0.15, -0.1) is 0 Å². The minimum atomic E-state index is 0.100. The molecule has 0 atom stereocenters. The fraction of sp³-hybridized carbons (Fsp3) is 0.778. The number of rotatable bonds is 5. The van der Waals surface area contributed by atoms with Crippen molar-refractivity contribution in [2.45, 2.75) is 40.3 Å². The molecule has 3 rings (SSSR count). The Morgan fingerprint density at radius 1 is 1.12 bits per heavy atom. The molecule has 6 heteroatoms. The van der Waals surface area contributed by atoms with Gasteiger partial charge in [0.05, 0.1) is 6.54 Å². The van der Waals surface area contributed by atoms with E-state index in [4.69, 9.17) is 0 Å². The second-order valence-electron chi connectivity index (χ2n) is 7.50. The monoisotopic (exact) mass is 333 g/mol. The van der Waals surface area contributed by atoms with E-state index in [1.165, 1.54) is 6.42 Å². The zero-order chi connectivity index (χ0) is 17.1. The van der Waals surface area contributed by atoms with Crippen molar-refractivity contribution in [3.8, 4) is 0 Å². The SMILES string of the molecule is CCCN1CCN(C(=O)c2cn3c(n2)CN(CC(C)C)CC3)CC1. The van der Waals surface area contributed by atoms with Crippen molar-refractivity contribution in [3.05, 3.63) is 17.7 Å². The fourth-order valence-corrected chi connectivity index (χ4v) is 3.73. The Morgan fingerprint density at radius 3 is 2.50 bits per heavy atom. The van der Waals surface area contributed by atoms with Gasteiger partial charge in [-0.2, -0.15) is 0 Å². The van der Waals surface area contributed by atoms with Gasteiger partial charge in [0.15, 0.2) is 0 Å². The smallest absolute Gasteiger partial charge is 0.274 e. The number of nitrogens with zero attached hydrogens (tertiary/aromatic N) is 5. The first-order valence-corrected chi connectivity index (χ1v) is 9.37. The number of carbonyl (C=O) groups is 1. The number of fused-ring (bicyclic) bond motifs is 1. The van der Waals surface area contributed by atoms with E-state index in [0.29, 0.717) is 11.6 Å². The molecule has 0 aromatic carbocycles. The summed E-state index contributed by atoms with van der Waals surface area (Å²) in [6.07, 6.45) is 3.14. The Morgan fingerprint density at radius 2 is 1.83 bits per heavy atom. The second kappa shape index (κ2) is 7.66. The highest BCUT2D eigenvalue weighted by molar-refractivity contribution is 5.92. The maximum Gasteiger partial charge on any atom is 0.274 e. The first-order valence-electron chi connectivity index (χ1n) is 9.37. The normalized spacial score (nSPS) is 19.8. The number of piperazine rings is 1. The number of imidazole rings is 1. The number of hydrogen-bond donors (Lipinski definition) is 0.